The Kier molecular flexibility index (Phi) is 6.90. The lowest BCUT2D eigenvalue weighted by Gasteiger charge is -2.58. The predicted octanol–water partition coefficient (Wildman–Crippen LogP) is 3.71. The number of benzene rings is 3. The van der Waals surface area contributed by atoms with Crippen molar-refractivity contribution in [1.82, 2.24) is 10.2 Å². The van der Waals surface area contributed by atoms with E-state index >= 15 is 0 Å². The van der Waals surface area contributed by atoms with Crippen LogP contribution < -0.4 is 15.1 Å². The van der Waals surface area contributed by atoms with E-state index in [1.54, 1.807) is 29.2 Å². The molecule has 3 aromatic carbocycles. The minimum absolute atomic E-state index is 0.00377. The van der Waals surface area contributed by atoms with Gasteiger partial charge in [-0.1, -0.05) is 18.2 Å². The van der Waals surface area contributed by atoms with Crippen molar-refractivity contribution in [2.75, 3.05) is 36.5 Å². The zero-order valence-corrected chi connectivity index (χ0v) is 21.7. The lowest BCUT2D eigenvalue weighted by atomic mass is 9.82. The van der Waals surface area contributed by atoms with Crippen molar-refractivity contribution < 1.29 is 31.9 Å². The molecule has 1 N–H and O–H groups in total. The number of alkyl halides is 3. The fraction of sp³-hybridized carbons (Fsp3) is 0.241. The number of amides is 3. The Bertz CT molecular complexity index is 1580. The summed E-state index contributed by atoms with van der Waals surface area (Å²) >= 11 is 0. The summed E-state index contributed by atoms with van der Waals surface area (Å²) in [5.74, 6) is -2.23. The van der Waals surface area contributed by atoms with Gasteiger partial charge in [-0.15, -0.1) is 0 Å². The molecule has 0 aliphatic carbocycles. The first kappa shape index (κ1) is 27.6. The molecule has 8 nitrogen and oxygen atoms in total. The molecular formula is C29H23F4N5O3. The lowest BCUT2D eigenvalue weighted by molar-refractivity contribution is -0.153. The molecule has 3 amide bonds. The Morgan fingerprint density at radius 3 is 2.37 bits per heavy atom. The van der Waals surface area contributed by atoms with Gasteiger partial charge in [0.2, 0.25) is 5.91 Å². The second-order valence-electron chi connectivity index (χ2n) is 9.86. The van der Waals surface area contributed by atoms with Crippen LogP contribution in [0.2, 0.25) is 0 Å². The third-order valence-corrected chi connectivity index (χ3v) is 7.35. The average Bonchev–Trinajstić information content (AvgIpc) is 2.93. The first-order chi connectivity index (χ1) is 19.5. The van der Waals surface area contributed by atoms with Crippen LogP contribution in [0.1, 0.15) is 27.0 Å². The third-order valence-electron chi connectivity index (χ3n) is 7.35. The highest BCUT2D eigenvalue weighted by atomic mass is 19.4. The van der Waals surface area contributed by atoms with Crippen LogP contribution in [0.4, 0.5) is 28.9 Å². The Morgan fingerprint density at radius 1 is 1.05 bits per heavy atom. The molecule has 0 saturated carbocycles. The zero-order chi connectivity index (χ0) is 29.5. The quantitative estimate of drug-likeness (QED) is 0.476. The van der Waals surface area contributed by atoms with Crippen molar-refractivity contribution in [2.45, 2.75) is 18.3 Å². The van der Waals surface area contributed by atoms with Gasteiger partial charge in [0.15, 0.2) is 5.54 Å². The molecule has 0 unspecified atom stereocenters. The molecule has 0 radical (unpaired) electrons. The van der Waals surface area contributed by atoms with E-state index in [9.17, 15) is 31.9 Å². The van der Waals surface area contributed by atoms with Crippen molar-refractivity contribution in [3.63, 3.8) is 0 Å². The summed E-state index contributed by atoms with van der Waals surface area (Å²) in [6.45, 7) is -0.623. The molecule has 12 heteroatoms. The van der Waals surface area contributed by atoms with Crippen molar-refractivity contribution in [3.8, 4) is 6.07 Å². The topological polar surface area (TPSA) is 96.7 Å². The number of hydrogen-bond acceptors (Lipinski definition) is 5. The molecule has 2 heterocycles. The van der Waals surface area contributed by atoms with Crippen molar-refractivity contribution in [1.29, 1.82) is 5.26 Å². The highest BCUT2D eigenvalue weighted by Crippen LogP contribution is 2.40. The minimum atomic E-state index is -4.53. The van der Waals surface area contributed by atoms with Crippen LogP contribution >= 0.6 is 0 Å². The Balaban J connectivity index is 1.49. The number of halogens is 4. The second kappa shape index (κ2) is 10.2. The van der Waals surface area contributed by atoms with Crippen molar-refractivity contribution in [2.24, 2.45) is 0 Å². The van der Waals surface area contributed by atoms with Gasteiger partial charge in [0, 0.05) is 24.8 Å². The predicted molar refractivity (Wildman–Crippen MR) is 140 cm³/mol. The molecule has 210 valence electrons. The highest BCUT2D eigenvalue weighted by molar-refractivity contribution is 6.11. The maximum absolute atomic E-state index is 15.0. The molecule has 2 fully saturated rings. The number of carbonyl (C=O) groups is 3. The third kappa shape index (κ3) is 4.95. The van der Waals surface area contributed by atoms with Crippen LogP contribution in [0, 0.1) is 17.1 Å². The van der Waals surface area contributed by atoms with Gasteiger partial charge in [-0.2, -0.15) is 18.4 Å². The Labute approximate surface area is 232 Å². The monoisotopic (exact) mass is 565 g/mol. The molecule has 0 atom stereocenters. The van der Waals surface area contributed by atoms with Gasteiger partial charge in [0.25, 0.3) is 11.8 Å². The van der Waals surface area contributed by atoms with Crippen LogP contribution in [0.3, 0.4) is 0 Å². The maximum atomic E-state index is 15.0. The van der Waals surface area contributed by atoms with Gasteiger partial charge < -0.3 is 15.1 Å². The molecule has 3 aromatic rings. The molecule has 2 aliphatic rings. The summed E-state index contributed by atoms with van der Waals surface area (Å²) in [4.78, 5) is 43.8. The number of nitrogens with one attached hydrogen (secondary N) is 1. The van der Waals surface area contributed by atoms with Gasteiger partial charge in [-0.3, -0.25) is 19.3 Å². The zero-order valence-electron chi connectivity index (χ0n) is 21.7. The van der Waals surface area contributed by atoms with Gasteiger partial charge >= 0.3 is 6.18 Å². The molecular weight excluding hydrogens is 542 g/mol. The van der Waals surface area contributed by atoms with E-state index in [2.05, 4.69) is 5.32 Å². The van der Waals surface area contributed by atoms with Gasteiger partial charge in [0.05, 0.1) is 36.0 Å². The summed E-state index contributed by atoms with van der Waals surface area (Å²) in [5.41, 5.74) is -1.01. The second-order valence-corrected chi connectivity index (χ2v) is 9.86. The number of anilines is 2. The summed E-state index contributed by atoms with van der Waals surface area (Å²) in [6, 6.07) is 16.4. The van der Waals surface area contributed by atoms with Gasteiger partial charge in [-0.05, 0) is 54.1 Å². The van der Waals surface area contributed by atoms with Crippen LogP contribution in [-0.4, -0.2) is 54.8 Å². The number of nitrogens with zero attached hydrogens (tertiary/aromatic N) is 4. The Morgan fingerprint density at radius 2 is 1.76 bits per heavy atom. The smallest absolute Gasteiger partial charge is 0.366 e. The summed E-state index contributed by atoms with van der Waals surface area (Å²) < 4.78 is 54.2. The van der Waals surface area contributed by atoms with E-state index in [1.165, 1.54) is 36.2 Å². The Hall–Kier alpha value is -4.92. The van der Waals surface area contributed by atoms with Crippen molar-refractivity contribution in [3.05, 3.63) is 94.8 Å². The highest BCUT2D eigenvalue weighted by Gasteiger charge is 2.60. The molecule has 0 bridgehead atoms. The number of piperazine rings is 1. The molecule has 1 spiro atoms. The number of hydrogen-bond donors (Lipinski definition) is 1. The van der Waals surface area contributed by atoms with Crippen molar-refractivity contribution >= 4 is 29.1 Å². The van der Waals surface area contributed by atoms with E-state index in [0.717, 1.165) is 23.1 Å². The maximum Gasteiger partial charge on any atom is 0.416 e. The first-order valence-electron chi connectivity index (χ1n) is 12.5. The molecule has 2 saturated heterocycles. The fourth-order valence-corrected chi connectivity index (χ4v) is 5.17. The number of nitriles is 1. The molecule has 0 aromatic heterocycles. The van der Waals surface area contributed by atoms with Crippen LogP contribution in [0.15, 0.2) is 66.7 Å². The summed E-state index contributed by atoms with van der Waals surface area (Å²) in [7, 11) is 1.50. The van der Waals surface area contributed by atoms with E-state index in [1.807, 2.05) is 6.07 Å². The normalized spacial score (nSPS) is 16.4. The lowest BCUT2D eigenvalue weighted by Crippen LogP contribution is -2.81. The molecule has 2 aliphatic heterocycles. The minimum Gasteiger partial charge on any atom is -0.366 e. The fourth-order valence-electron chi connectivity index (χ4n) is 5.17. The van der Waals surface area contributed by atoms with Crippen LogP contribution in [-0.2, 0) is 22.3 Å². The summed E-state index contributed by atoms with van der Waals surface area (Å²) in [5, 5.41) is 11.6. The summed E-state index contributed by atoms with van der Waals surface area (Å²) in [6.07, 6.45) is -4.53. The van der Waals surface area contributed by atoms with Gasteiger partial charge in [-0.25, -0.2) is 4.39 Å². The number of carbonyl (C=O) groups excluding carboxylic acids is 3. The molecule has 41 heavy (non-hydrogen) atoms. The largest absolute Gasteiger partial charge is 0.416 e. The van der Waals surface area contributed by atoms with E-state index in [4.69, 9.17) is 5.26 Å². The van der Waals surface area contributed by atoms with E-state index < -0.39 is 41.5 Å². The van der Waals surface area contributed by atoms with E-state index in [0.29, 0.717) is 16.8 Å². The molecule has 5 rings (SSSR count). The SMILES string of the molecule is CNC(=O)c1cccc(N2CC3(C2)C(=O)N(c2ccc(C#N)cc2F)CC(=O)N3Cc2ccc(C(F)(F)F)cc2)c1. The number of rotatable bonds is 5. The van der Waals surface area contributed by atoms with Crippen LogP contribution in [0.25, 0.3) is 0 Å². The van der Waals surface area contributed by atoms with E-state index in [-0.39, 0.29) is 36.8 Å². The average molecular weight is 566 g/mol. The standard InChI is InChI=1S/C29H23F4N5O3/c1-35-26(40)20-3-2-4-22(12-20)36-16-28(17-36)27(41)37(24-10-7-19(13-34)11-23(24)30)15-25(39)38(28)14-18-5-8-21(9-6-18)29(31,32)33/h2-12H,14-17H2,1H3,(H,35,40). The van der Waals surface area contributed by atoms with Crippen LogP contribution in [0.5, 0.6) is 0 Å². The van der Waals surface area contributed by atoms with Gasteiger partial charge in [0.1, 0.15) is 12.4 Å². The first-order valence-corrected chi connectivity index (χ1v) is 12.5.